The molecule has 0 spiro atoms. The van der Waals surface area contributed by atoms with Crippen molar-refractivity contribution in [1.82, 2.24) is 0 Å². The number of sulfonamides is 1. The van der Waals surface area contributed by atoms with Crippen LogP contribution in [0.5, 0.6) is 0 Å². The van der Waals surface area contributed by atoms with Crippen LogP contribution in [0, 0.1) is 13.8 Å². The van der Waals surface area contributed by atoms with Crippen LogP contribution in [0.2, 0.25) is 10.0 Å². The van der Waals surface area contributed by atoms with E-state index in [1.807, 2.05) is 0 Å². The summed E-state index contributed by atoms with van der Waals surface area (Å²) in [5, 5.41) is 0.622. The van der Waals surface area contributed by atoms with Gasteiger partial charge < -0.3 is 5.73 Å². The Kier molecular flexibility index (Phi) is 4.37. The van der Waals surface area contributed by atoms with Crippen LogP contribution >= 0.6 is 23.2 Å². The molecule has 112 valence electrons. The third-order valence-corrected chi connectivity index (χ3v) is 5.37. The van der Waals surface area contributed by atoms with Crippen LogP contribution < -0.4 is 10.5 Å². The minimum Gasteiger partial charge on any atom is -0.397 e. The first-order valence-corrected chi connectivity index (χ1v) is 8.30. The molecule has 0 bridgehead atoms. The van der Waals surface area contributed by atoms with Gasteiger partial charge >= 0.3 is 0 Å². The van der Waals surface area contributed by atoms with Gasteiger partial charge in [0, 0.05) is 0 Å². The highest BCUT2D eigenvalue weighted by Gasteiger charge is 2.21. The number of nitrogens with one attached hydrogen (secondary N) is 1. The summed E-state index contributed by atoms with van der Waals surface area (Å²) < 4.78 is 27.5. The quantitative estimate of drug-likeness (QED) is 0.826. The molecule has 7 heteroatoms. The molecule has 0 aliphatic rings. The normalized spacial score (nSPS) is 11.4. The fourth-order valence-corrected chi connectivity index (χ4v) is 3.71. The molecule has 0 saturated heterocycles. The number of nitrogen functional groups attached to an aromatic ring is 1. The second kappa shape index (κ2) is 5.75. The van der Waals surface area contributed by atoms with E-state index in [9.17, 15) is 8.42 Å². The first-order chi connectivity index (χ1) is 9.72. The van der Waals surface area contributed by atoms with Gasteiger partial charge in [-0.1, -0.05) is 35.3 Å². The lowest BCUT2D eigenvalue weighted by molar-refractivity contribution is 0.601. The van der Waals surface area contributed by atoms with Crippen LogP contribution in [0.25, 0.3) is 0 Å². The van der Waals surface area contributed by atoms with Gasteiger partial charge in [0.05, 0.1) is 21.4 Å². The largest absolute Gasteiger partial charge is 0.397 e. The van der Waals surface area contributed by atoms with Gasteiger partial charge in [-0.05, 0) is 43.2 Å². The molecule has 4 nitrogen and oxygen atoms in total. The van der Waals surface area contributed by atoms with Crippen LogP contribution in [0.3, 0.4) is 0 Å². The van der Waals surface area contributed by atoms with E-state index in [2.05, 4.69) is 4.72 Å². The summed E-state index contributed by atoms with van der Waals surface area (Å²) in [6, 6.07) is 8.00. The van der Waals surface area contributed by atoms with Crippen molar-refractivity contribution in [3.05, 3.63) is 51.5 Å². The maximum atomic E-state index is 12.5. The Morgan fingerprint density at radius 3 is 2.24 bits per heavy atom. The fourth-order valence-electron chi connectivity index (χ4n) is 1.93. The number of rotatable bonds is 3. The van der Waals surface area contributed by atoms with Gasteiger partial charge in [0.15, 0.2) is 0 Å². The molecule has 0 unspecified atom stereocenters. The van der Waals surface area contributed by atoms with Gasteiger partial charge in [0.25, 0.3) is 10.0 Å². The molecular weight excluding hydrogens is 331 g/mol. The minimum atomic E-state index is -3.80. The molecular formula is C14H14Cl2N2O2S. The van der Waals surface area contributed by atoms with E-state index >= 15 is 0 Å². The Hall–Kier alpha value is -1.43. The van der Waals surface area contributed by atoms with Crippen LogP contribution in [0.15, 0.2) is 35.2 Å². The van der Waals surface area contributed by atoms with Crippen molar-refractivity contribution in [1.29, 1.82) is 0 Å². The molecule has 0 aliphatic heterocycles. The summed E-state index contributed by atoms with van der Waals surface area (Å²) in [7, 11) is -3.80. The van der Waals surface area contributed by atoms with Crippen molar-refractivity contribution < 1.29 is 8.42 Å². The summed E-state index contributed by atoms with van der Waals surface area (Å²) >= 11 is 11.7. The summed E-state index contributed by atoms with van der Waals surface area (Å²) in [5.74, 6) is 0. The standard InChI is InChI=1S/C14H14Cl2N2O2S/c1-8-3-4-9(2)14(13(8)17)21(19,20)18-10-5-6-11(15)12(16)7-10/h3-7,18H,17H2,1-2H3. The maximum absolute atomic E-state index is 12.5. The maximum Gasteiger partial charge on any atom is 0.264 e. The predicted molar refractivity (Wildman–Crippen MR) is 87.6 cm³/mol. The van der Waals surface area contributed by atoms with Crippen LogP contribution in [-0.2, 0) is 10.0 Å². The van der Waals surface area contributed by atoms with Crippen molar-refractivity contribution in [3.63, 3.8) is 0 Å². The zero-order chi connectivity index (χ0) is 15.8. The molecule has 2 rings (SSSR count). The van der Waals surface area contributed by atoms with Gasteiger partial charge in [0.1, 0.15) is 4.90 Å². The number of aryl methyl sites for hydroxylation is 2. The van der Waals surface area contributed by atoms with E-state index in [1.165, 1.54) is 18.2 Å². The highest BCUT2D eigenvalue weighted by molar-refractivity contribution is 7.93. The van der Waals surface area contributed by atoms with E-state index in [-0.39, 0.29) is 15.6 Å². The third-order valence-electron chi connectivity index (χ3n) is 3.05. The van der Waals surface area contributed by atoms with E-state index < -0.39 is 10.0 Å². The summed E-state index contributed by atoms with van der Waals surface area (Å²) in [6.45, 7) is 3.45. The lowest BCUT2D eigenvalue weighted by Gasteiger charge is -2.14. The van der Waals surface area contributed by atoms with Crippen molar-refractivity contribution in [3.8, 4) is 0 Å². The zero-order valence-electron chi connectivity index (χ0n) is 11.4. The van der Waals surface area contributed by atoms with Crippen molar-refractivity contribution >= 4 is 44.6 Å². The molecule has 3 N–H and O–H groups in total. The third kappa shape index (κ3) is 3.26. The number of nitrogens with two attached hydrogens (primary N) is 1. The molecule has 0 saturated carbocycles. The molecule has 0 aromatic heterocycles. The Morgan fingerprint density at radius 2 is 1.62 bits per heavy atom. The van der Waals surface area contributed by atoms with E-state index in [0.29, 0.717) is 21.8 Å². The first-order valence-electron chi connectivity index (χ1n) is 6.06. The molecule has 0 aliphatic carbocycles. The smallest absolute Gasteiger partial charge is 0.264 e. The molecule has 21 heavy (non-hydrogen) atoms. The van der Waals surface area contributed by atoms with Gasteiger partial charge in [0.2, 0.25) is 0 Å². The zero-order valence-corrected chi connectivity index (χ0v) is 13.8. The molecule has 0 heterocycles. The fraction of sp³-hybridized carbons (Fsp3) is 0.143. The Morgan fingerprint density at radius 1 is 1.00 bits per heavy atom. The van der Waals surface area contributed by atoms with Gasteiger partial charge in [-0.15, -0.1) is 0 Å². The first kappa shape index (κ1) is 15.9. The van der Waals surface area contributed by atoms with Crippen molar-refractivity contribution in [2.45, 2.75) is 18.7 Å². The molecule has 2 aromatic rings. The highest BCUT2D eigenvalue weighted by Crippen LogP contribution is 2.30. The Balaban J connectivity index is 2.48. The lowest BCUT2D eigenvalue weighted by Crippen LogP contribution is -2.16. The topological polar surface area (TPSA) is 72.2 Å². The molecule has 0 atom stereocenters. The average Bonchev–Trinajstić information content (AvgIpc) is 2.38. The Bertz CT molecular complexity index is 805. The second-order valence-corrected chi connectivity index (χ2v) is 7.11. The number of benzene rings is 2. The lowest BCUT2D eigenvalue weighted by atomic mass is 10.1. The van der Waals surface area contributed by atoms with E-state index in [0.717, 1.165) is 0 Å². The molecule has 0 radical (unpaired) electrons. The van der Waals surface area contributed by atoms with E-state index in [1.54, 1.807) is 26.0 Å². The summed E-state index contributed by atoms with van der Waals surface area (Å²) in [5.41, 5.74) is 7.75. The van der Waals surface area contributed by atoms with Gasteiger partial charge in [-0.2, -0.15) is 0 Å². The number of hydrogen-bond donors (Lipinski definition) is 2. The average molecular weight is 345 g/mol. The van der Waals surface area contributed by atoms with Crippen molar-refractivity contribution in [2.24, 2.45) is 0 Å². The SMILES string of the molecule is Cc1ccc(C)c(S(=O)(=O)Nc2ccc(Cl)c(Cl)c2)c1N. The highest BCUT2D eigenvalue weighted by atomic mass is 35.5. The number of halogens is 2. The van der Waals surface area contributed by atoms with Crippen LogP contribution in [0.1, 0.15) is 11.1 Å². The van der Waals surface area contributed by atoms with Crippen LogP contribution in [0.4, 0.5) is 11.4 Å². The van der Waals surface area contributed by atoms with Gasteiger partial charge in [-0.25, -0.2) is 8.42 Å². The number of anilines is 2. The van der Waals surface area contributed by atoms with E-state index in [4.69, 9.17) is 28.9 Å². The molecule has 0 fully saturated rings. The van der Waals surface area contributed by atoms with Gasteiger partial charge in [-0.3, -0.25) is 4.72 Å². The summed E-state index contributed by atoms with van der Waals surface area (Å²) in [4.78, 5) is 0.0774. The monoisotopic (exact) mass is 344 g/mol. The number of hydrogen-bond acceptors (Lipinski definition) is 3. The van der Waals surface area contributed by atoms with Crippen molar-refractivity contribution in [2.75, 3.05) is 10.5 Å². The molecule has 0 amide bonds. The second-order valence-electron chi connectivity index (χ2n) is 4.68. The van der Waals surface area contributed by atoms with Crippen LogP contribution in [-0.4, -0.2) is 8.42 Å². The Labute approximate surface area is 133 Å². The summed E-state index contributed by atoms with van der Waals surface area (Å²) in [6.07, 6.45) is 0. The molecule has 2 aromatic carbocycles. The minimum absolute atomic E-state index is 0.0774. The predicted octanol–water partition coefficient (Wildman–Crippen LogP) is 3.99.